The van der Waals surface area contributed by atoms with E-state index in [0.717, 1.165) is 0 Å². The van der Waals surface area contributed by atoms with Crippen LogP contribution in [0.2, 0.25) is 0 Å². The number of hydrogen-bond acceptors (Lipinski definition) is 0. The van der Waals surface area contributed by atoms with Crippen LogP contribution in [-0.4, -0.2) is 32.9 Å². The van der Waals surface area contributed by atoms with Gasteiger partial charge >= 0.3 is 98.8 Å². The fourth-order valence-corrected chi connectivity index (χ4v) is 0. The van der Waals surface area contributed by atoms with E-state index >= 15 is 0 Å². The zero-order valence-electron chi connectivity index (χ0n) is 4.98. The fraction of sp³-hybridized carbons (Fsp3) is 0. The van der Waals surface area contributed by atoms with Crippen LogP contribution in [0.1, 0.15) is 0 Å². The van der Waals surface area contributed by atoms with Gasteiger partial charge in [0.25, 0.3) is 0 Å². The summed E-state index contributed by atoms with van der Waals surface area (Å²) in [5.41, 5.74) is 0. The third-order valence-electron chi connectivity index (χ3n) is 0. The Morgan fingerprint density at radius 1 is 0.273 bits per heavy atom. The van der Waals surface area contributed by atoms with Gasteiger partial charge in [-0.25, -0.2) is 0 Å². The predicted octanol–water partition coefficient (Wildman–Crippen LogP) is -5.30. The zero-order chi connectivity index (χ0) is 0. The van der Waals surface area contributed by atoms with Crippen LogP contribution in [0.3, 0.4) is 0 Å². The molecule has 0 saturated heterocycles. The molecule has 0 aliphatic rings. The maximum atomic E-state index is 0. The smallest absolute Gasteiger partial charge is 2.00 e. The van der Waals surface area contributed by atoms with E-state index in [9.17, 15) is 0 Å². The van der Waals surface area contributed by atoms with Gasteiger partial charge in [0, 0.05) is 0 Å². The van der Waals surface area contributed by atoms with E-state index in [4.69, 9.17) is 0 Å². The van der Waals surface area contributed by atoms with Gasteiger partial charge in [-0.05, 0) is 0 Å². The zero-order valence-corrected chi connectivity index (χ0v) is 9.83. The van der Waals surface area contributed by atoms with Crippen molar-refractivity contribution in [3.05, 3.63) is 0 Å². The van der Waals surface area contributed by atoms with E-state index in [1.54, 1.807) is 0 Å². The van der Waals surface area contributed by atoms with Gasteiger partial charge in [-0.3, -0.25) is 0 Å². The van der Waals surface area contributed by atoms with Crippen LogP contribution in [-0.2, 0) is 16.4 Å². The number of rotatable bonds is 0. The molecule has 0 saturated carbocycles. The van der Waals surface area contributed by atoms with E-state index in [2.05, 4.69) is 0 Å². The van der Waals surface area contributed by atoms with Crippen molar-refractivity contribution in [3.63, 3.8) is 0 Å². The summed E-state index contributed by atoms with van der Waals surface area (Å²) < 4.78 is 0. The molecule has 0 heterocycles. The van der Waals surface area contributed by atoms with Crippen molar-refractivity contribution < 1.29 is 148 Å². The summed E-state index contributed by atoms with van der Waals surface area (Å²) in [5.74, 6) is 0. The molecular weight excluding hydrogens is 448 g/mol. The Balaban J connectivity index is 0. The van der Waals surface area contributed by atoms with Crippen molar-refractivity contribution in [1.29, 1.82) is 0 Å². The van der Waals surface area contributed by atoms with Gasteiger partial charge in [-0.2, -0.15) is 0 Å². The minimum Gasteiger partial charge on any atom is -2.00 e. The van der Waals surface area contributed by atoms with Crippen LogP contribution in [0, 0.1) is 98.8 Å². The molecule has 0 aromatic rings. The van der Waals surface area contributed by atoms with Gasteiger partial charge in [0.15, 0.2) is 0 Å². The molecule has 0 aliphatic heterocycles. The second-order valence-electron chi connectivity index (χ2n) is 0. The first-order valence-electron chi connectivity index (χ1n) is 0. The summed E-state index contributed by atoms with van der Waals surface area (Å²) >= 11 is 0. The number of hydrogen-bond donors (Lipinski definition) is 0. The fourth-order valence-electron chi connectivity index (χ4n) is 0. The molecule has 9 nitrogen and oxygen atoms in total. The Bertz CT molecular complexity index is 7.52. The third kappa shape index (κ3) is 190. The minimum atomic E-state index is 0. The molecule has 0 atom stereocenters. The van der Waals surface area contributed by atoms with Gasteiger partial charge in [0.1, 0.15) is 0 Å². The molecular formula is H12Eu2O9. The second kappa shape index (κ2) is 226. The van der Waals surface area contributed by atoms with Crippen LogP contribution in [0.5, 0.6) is 0 Å². The predicted molar refractivity (Wildman–Crippen MR) is 23.7 cm³/mol. The van der Waals surface area contributed by atoms with Crippen molar-refractivity contribution in [2.75, 3.05) is 0 Å². The molecule has 11 heavy (non-hydrogen) atoms. The largest absolute Gasteiger partial charge is 3.00 e. The Morgan fingerprint density at radius 3 is 0.273 bits per heavy atom. The van der Waals surface area contributed by atoms with Crippen LogP contribution in [0.15, 0.2) is 0 Å². The van der Waals surface area contributed by atoms with Crippen molar-refractivity contribution >= 4 is 0 Å². The minimum absolute atomic E-state index is 0. The Hall–Kier alpha value is 2.81. The summed E-state index contributed by atoms with van der Waals surface area (Å²) in [6.45, 7) is 0. The molecule has 0 aromatic carbocycles. The molecule has 0 aromatic heterocycles. The summed E-state index contributed by atoms with van der Waals surface area (Å²) in [5, 5.41) is 0. The first-order valence-corrected chi connectivity index (χ1v) is 0. The van der Waals surface area contributed by atoms with Crippen LogP contribution >= 0.6 is 0 Å². The SMILES string of the molecule is O.O.O.O.O.O.[Eu+3].[Eu+3].[O-2].[O-2].[O-2]. The molecule has 0 spiro atoms. The normalized spacial score (nSPS) is 0. The van der Waals surface area contributed by atoms with Crippen molar-refractivity contribution in [1.82, 2.24) is 0 Å². The first kappa shape index (κ1) is 287. The maximum Gasteiger partial charge on any atom is 3.00 e. The standard InChI is InChI=1S/2Eu.6H2O.3O/h;;6*1H2;;;/q2*+3;;;;;;;3*-2. The molecule has 80 valence electrons. The van der Waals surface area contributed by atoms with E-state index in [1.807, 2.05) is 0 Å². The first-order chi connectivity index (χ1) is 0. The topological polar surface area (TPSA) is 274 Å². The molecule has 0 fully saturated rings. The van der Waals surface area contributed by atoms with Crippen molar-refractivity contribution in [3.8, 4) is 0 Å². The molecule has 0 unspecified atom stereocenters. The summed E-state index contributed by atoms with van der Waals surface area (Å²) in [7, 11) is 0. The quantitative estimate of drug-likeness (QED) is 0.328. The van der Waals surface area contributed by atoms with Gasteiger partial charge in [-0.15, -0.1) is 0 Å². The summed E-state index contributed by atoms with van der Waals surface area (Å²) in [6.07, 6.45) is 0. The molecule has 0 aliphatic carbocycles. The van der Waals surface area contributed by atoms with Gasteiger partial charge in [-0.1, -0.05) is 0 Å². The van der Waals surface area contributed by atoms with Crippen LogP contribution in [0.4, 0.5) is 0 Å². The average molecular weight is 460 g/mol. The van der Waals surface area contributed by atoms with Crippen molar-refractivity contribution in [2.45, 2.75) is 0 Å². The Kier molecular flexibility index (Phi) is 5910. The van der Waals surface area contributed by atoms with Gasteiger partial charge in [0.05, 0.1) is 0 Å². The third-order valence-corrected chi connectivity index (χ3v) is 0. The molecule has 12 N–H and O–H groups in total. The van der Waals surface area contributed by atoms with E-state index in [1.165, 1.54) is 0 Å². The van der Waals surface area contributed by atoms with E-state index in [-0.39, 0.29) is 148 Å². The molecule has 0 amide bonds. The van der Waals surface area contributed by atoms with Gasteiger partial charge < -0.3 is 49.3 Å². The second-order valence-corrected chi connectivity index (χ2v) is 0. The van der Waals surface area contributed by atoms with Crippen LogP contribution in [0.25, 0.3) is 0 Å². The Morgan fingerprint density at radius 2 is 0.273 bits per heavy atom. The molecule has 11 heteroatoms. The molecule has 0 bridgehead atoms. The summed E-state index contributed by atoms with van der Waals surface area (Å²) in [4.78, 5) is 0. The average Bonchev–Trinajstić information content (AvgIpc) is 0. The Labute approximate surface area is 145 Å². The monoisotopic (exact) mass is 462 g/mol. The molecule has 0 rings (SSSR count). The maximum absolute atomic E-state index is 0. The summed E-state index contributed by atoms with van der Waals surface area (Å²) in [6, 6.07) is 0. The van der Waals surface area contributed by atoms with E-state index < -0.39 is 0 Å². The molecule has 0 radical (unpaired) electrons. The van der Waals surface area contributed by atoms with Crippen molar-refractivity contribution in [2.24, 2.45) is 0 Å². The van der Waals surface area contributed by atoms with Gasteiger partial charge in [0.2, 0.25) is 0 Å². The van der Waals surface area contributed by atoms with E-state index in [0.29, 0.717) is 0 Å². The van der Waals surface area contributed by atoms with Crippen LogP contribution < -0.4 is 0 Å².